The largest absolute Gasteiger partial charge is 0.477 e. The van der Waals surface area contributed by atoms with Crippen LogP contribution in [0.1, 0.15) is 28.1 Å². The number of hydrogen-bond acceptors (Lipinski definition) is 5. The molecule has 1 saturated carbocycles. The van der Waals surface area contributed by atoms with E-state index in [2.05, 4.69) is 4.72 Å². The molecule has 0 amide bonds. The normalized spacial score (nSPS) is 23.7. The van der Waals surface area contributed by atoms with E-state index < -0.39 is 22.1 Å². The van der Waals surface area contributed by atoms with Gasteiger partial charge in [-0.3, -0.25) is 0 Å². The van der Waals surface area contributed by atoms with Crippen molar-refractivity contribution in [3.05, 3.63) is 15.8 Å². The van der Waals surface area contributed by atoms with Crippen molar-refractivity contribution in [3.63, 3.8) is 0 Å². The summed E-state index contributed by atoms with van der Waals surface area (Å²) < 4.78 is 26.6. The zero-order chi connectivity index (χ0) is 13.5. The van der Waals surface area contributed by atoms with Crippen LogP contribution in [0.2, 0.25) is 0 Å². The third-order valence-corrected chi connectivity index (χ3v) is 5.74. The molecule has 0 unspecified atom stereocenters. The number of sulfonamides is 1. The number of rotatable bonds is 4. The third-order valence-electron chi connectivity index (χ3n) is 2.82. The van der Waals surface area contributed by atoms with Crippen LogP contribution in [-0.4, -0.2) is 36.7 Å². The van der Waals surface area contributed by atoms with Crippen molar-refractivity contribution >= 4 is 27.3 Å². The van der Waals surface area contributed by atoms with Crippen LogP contribution in [0.4, 0.5) is 0 Å². The average molecular weight is 291 g/mol. The zero-order valence-electron chi connectivity index (χ0n) is 9.58. The molecule has 100 valence electrons. The van der Waals surface area contributed by atoms with Crippen molar-refractivity contribution in [1.29, 1.82) is 0 Å². The van der Waals surface area contributed by atoms with Gasteiger partial charge in [0.2, 0.25) is 10.0 Å². The van der Waals surface area contributed by atoms with E-state index in [1.807, 2.05) is 0 Å². The van der Waals surface area contributed by atoms with Crippen LogP contribution < -0.4 is 4.72 Å². The van der Waals surface area contributed by atoms with Crippen molar-refractivity contribution in [1.82, 2.24) is 4.72 Å². The summed E-state index contributed by atoms with van der Waals surface area (Å²) in [6, 6.07) is -0.314. The molecular formula is C10H13NO5S2. The molecular weight excluding hydrogens is 278 g/mol. The van der Waals surface area contributed by atoms with Crippen molar-refractivity contribution in [2.45, 2.75) is 36.8 Å². The van der Waals surface area contributed by atoms with Crippen LogP contribution >= 0.6 is 11.3 Å². The number of aliphatic hydroxyl groups is 1. The van der Waals surface area contributed by atoms with Gasteiger partial charge in [0.15, 0.2) is 0 Å². The molecule has 1 fully saturated rings. The van der Waals surface area contributed by atoms with Gasteiger partial charge >= 0.3 is 5.97 Å². The maximum Gasteiger partial charge on any atom is 0.347 e. The summed E-state index contributed by atoms with van der Waals surface area (Å²) in [5, 5.41) is 19.6. The fourth-order valence-corrected chi connectivity index (χ4v) is 4.77. The molecule has 1 aromatic rings. The first-order valence-electron chi connectivity index (χ1n) is 5.33. The number of carboxylic acid groups (broad SMARTS) is 1. The molecule has 1 aliphatic carbocycles. The van der Waals surface area contributed by atoms with Crippen LogP contribution in [0.25, 0.3) is 0 Å². The predicted molar refractivity (Wildman–Crippen MR) is 65.4 cm³/mol. The summed E-state index contributed by atoms with van der Waals surface area (Å²) in [7, 11) is -3.84. The lowest BCUT2D eigenvalue weighted by Crippen LogP contribution is -2.46. The van der Waals surface area contributed by atoms with E-state index in [1.54, 1.807) is 6.92 Å². The molecule has 0 bridgehead atoms. The number of aliphatic hydroxyl groups excluding tert-OH is 1. The highest BCUT2D eigenvalue weighted by Crippen LogP contribution is 2.29. The Kier molecular flexibility index (Phi) is 3.45. The standard InChI is InChI=1S/C10H13NO5S2/c1-5-4-17-8(10(13)14)9(5)18(15,16)11-6-2-7(12)3-6/h4,6-7,11-12H,2-3H2,1H3,(H,13,14). The minimum atomic E-state index is -3.84. The number of carboxylic acids is 1. The molecule has 1 aromatic heterocycles. The quantitative estimate of drug-likeness (QED) is 0.752. The van der Waals surface area contributed by atoms with Gasteiger partial charge in [-0.15, -0.1) is 11.3 Å². The van der Waals surface area contributed by atoms with Crippen molar-refractivity contribution in [2.24, 2.45) is 0 Å². The summed E-state index contributed by atoms with van der Waals surface area (Å²) in [5.74, 6) is -1.25. The van der Waals surface area contributed by atoms with Crippen LogP contribution in [0, 0.1) is 6.92 Å². The lowest BCUT2D eigenvalue weighted by Gasteiger charge is -2.31. The molecule has 0 aliphatic heterocycles. The minimum absolute atomic E-state index is 0.165. The van der Waals surface area contributed by atoms with Gasteiger partial charge in [-0.25, -0.2) is 17.9 Å². The molecule has 0 saturated heterocycles. The molecule has 2 rings (SSSR count). The highest BCUT2D eigenvalue weighted by molar-refractivity contribution is 7.89. The highest BCUT2D eigenvalue weighted by Gasteiger charge is 2.34. The zero-order valence-corrected chi connectivity index (χ0v) is 11.2. The molecule has 18 heavy (non-hydrogen) atoms. The van der Waals surface area contributed by atoms with Crippen LogP contribution in [0.15, 0.2) is 10.3 Å². The average Bonchev–Trinajstić information content (AvgIpc) is 2.58. The fraction of sp³-hybridized carbons (Fsp3) is 0.500. The van der Waals surface area contributed by atoms with E-state index in [0.29, 0.717) is 18.4 Å². The van der Waals surface area contributed by atoms with E-state index in [-0.39, 0.29) is 15.8 Å². The Labute approximate surface area is 108 Å². The first-order chi connectivity index (χ1) is 8.31. The second-order valence-electron chi connectivity index (χ2n) is 4.33. The maximum atomic E-state index is 12.1. The van der Waals surface area contributed by atoms with Crippen molar-refractivity contribution < 1.29 is 23.4 Å². The number of aryl methyl sites for hydroxylation is 1. The second kappa shape index (κ2) is 4.61. The number of aromatic carboxylic acids is 1. The van der Waals surface area contributed by atoms with Gasteiger partial charge in [0.1, 0.15) is 9.77 Å². The molecule has 0 radical (unpaired) electrons. The Hall–Kier alpha value is -0.960. The first-order valence-corrected chi connectivity index (χ1v) is 7.69. The summed E-state index contributed by atoms with van der Waals surface area (Å²) in [5.41, 5.74) is 0.421. The molecule has 1 aliphatic rings. The molecule has 0 atom stereocenters. The van der Waals surface area contributed by atoms with E-state index >= 15 is 0 Å². The number of carbonyl (C=O) groups is 1. The van der Waals surface area contributed by atoms with E-state index in [9.17, 15) is 13.2 Å². The SMILES string of the molecule is Cc1csc(C(=O)O)c1S(=O)(=O)NC1CC(O)C1. The molecule has 1 heterocycles. The van der Waals surface area contributed by atoms with E-state index in [1.165, 1.54) is 5.38 Å². The predicted octanol–water partition coefficient (Wildman–Crippen LogP) is 0.556. The minimum Gasteiger partial charge on any atom is -0.477 e. The van der Waals surface area contributed by atoms with Gasteiger partial charge in [-0.1, -0.05) is 0 Å². The van der Waals surface area contributed by atoms with Crippen LogP contribution in [0.3, 0.4) is 0 Å². The summed E-state index contributed by atoms with van der Waals surface area (Å²) >= 11 is 0.896. The smallest absolute Gasteiger partial charge is 0.347 e. The number of hydrogen-bond donors (Lipinski definition) is 3. The monoisotopic (exact) mass is 291 g/mol. The van der Waals surface area contributed by atoms with Crippen molar-refractivity contribution in [3.8, 4) is 0 Å². The second-order valence-corrected chi connectivity index (χ2v) is 6.86. The highest BCUT2D eigenvalue weighted by atomic mass is 32.2. The molecule has 3 N–H and O–H groups in total. The Balaban J connectivity index is 2.29. The van der Waals surface area contributed by atoms with Crippen molar-refractivity contribution in [2.75, 3.05) is 0 Å². The summed E-state index contributed by atoms with van der Waals surface area (Å²) in [6.07, 6.45) is 0.260. The van der Waals surface area contributed by atoms with Gasteiger partial charge in [0.05, 0.1) is 6.10 Å². The lowest BCUT2D eigenvalue weighted by molar-refractivity contribution is 0.0689. The van der Waals surface area contributed by atoms with Gasteiger partial charge in [0, 0.05) is 6.04 Å². The van der Waals surface area contributed by atoms with E-state index in [4.69, 9.17) is 10.2 Å². The number of thiophene rings is 1. The topological polar surface area (TPSA) is 104 Å². The summed E-state index contributed by atoms with van der Waals surface area (Å²) in [6.45, 7) is 1.56. The maximum absolute atomic E-state index is 12.1. The van der Waals surface area contributed by atoms with E-state index in [0.717, 1.165) is 11.3 Å². The van der Waals surface area contributed by atoms with Crippen LogP contribution in [0.5, 0.6) is 0 Å². The van der Waals surface area contributed by atoms with Crippen LogP contribution in [-0.2, 0) is 10.0 Å². The Bertz CT molecular complexity index is 571. The van der Waals surface area contributed by atoms with Gasteiger partial charge in [-0.2, -0.15) is 0 Å². The Morgan fingerprint density at radius 3 is 2.61 bits per heavy atom. The van der Waals surface area contributed by atoms with Gasteiger partial charge in [0.25, 0.3) is 0 Å². The van der Waals surface area contributed by atoms with Gasteiger partial charge in [-0.05, 0) is 30.7 Å². The molecule has 6 nitrogen and oxygen atoms in total. The first kappa shape index (κ1) is 13.5. The summed E-state index contributed by atoms with van der Waals surface area (Å²) in [4.78, 5) is 10.6. The lowest BCUT2D eigenvalue weighted by atomic mass is 9.91. The molecule has 0 spiro atoms. The number of nitrogens with one attached hydrogen (secondary N) is 1. The molecule has 0 aromatic carbocycles. The third kappa shape index (κ3) is 2.41. The Morgan fingerprint density at radius 2 is 2.11 bits per heavy atom. The Morgan fingerprint density at radius 1 is 1.50 bits per heavy atom. The fourth-order valence-electron chi connectivity index (χ4n) is 1.88. The molecule has 8 heteroatoms. The van der Waals surface area contributed by atoms with Gasteiger partial charge < -0.3 is 10.2 Å².